The molecule has 4 rings (SSSR count). The standard InChI is InChI=1S/C25H23FN4OS/c1-17-12-14-20(15-13-17)30-23(18(2)27-24(31)21-10-6-7-11-22(21)26)28-29-25(30)32-16-19-8-4-3-5-9-19/h3-15,18H,16H2,1-2H3,(H,27,31). The van der Waals surface area contributed by atoms with Crippen LogP contribution in [-0.4, -0.2) is 20.7 Å². The van der Waals surface area contributed by atoms with E-state index in [-0.39, 0.29) is 5.56 Å². The average molecular weight is 447 g/mol. The predicted octanol–water partition coefficient (Wildman–Crippen LogP) is 5.50. The molecular formula is C25H23FN4OS. The van der Waals surface area contributed by atoms with E-state index in [9.17, 15) is 9.18 Å². The third-order valence-electron chi connectivity index (χ3n) is 5.01. The molecular weight excluding hydrogens is 423 g/mol. The summed E-state index contributed by atoms with van der Waals surface area (Å²) in [6, 6.07) is 23.6. The van der Waals surface area contributed by atoms with E-state index in [0.717, 1.165) is 22.2 Å². The number of nitrogens with zero attached hydrogens (tertiary/aromatic N) is 3. The number of hydrogen-bond acceptors (Lipinski definition) is 4. The van der Waals surface area contributed by atoms with Crippen LogP contribution in [0.2, 0.25) is 0 Å². The van der Waals surface area contributed by atoms with Gasteiger partial charge in [0.25, 0.3) is 5.91 Å². The normalized spacial score (nSPS) is 11.8. The van der Waals surface area contributed by atoms with Crippen molar-refractivity contribution < 1.29 is 9.18 Å². The first-order valence-electron chi connectivity index (χ1n) is 10.3. The van der Waals surface area contributed by atoms with Crippen molar-refractivity contribution in [3.63, 3.8) is 0 Å². The molecule has 1 atom stereocenters. The first kappa shape index (κ1) is 21.8. The van der Waals surface area contributed by atoms with E-state index in [1.165, 1.54) is 17.7 Å². The second-order valence-corrected chi connectivity index (χ2v) is 8.40. The van der Waals surface area contributed by atoms with Gasteiger partial charge >= 0.3 is 0 Å². The van der Waals surface area contributed by atoms with Gasteiger partial charge in [-0.25, -0.2) is 4.39 Å². The first-order chi connectivity index (χ1) is 15.5. The van der Waals surface area contributed by atoms with E-state index in [1.807, 2.05) is 60.9 Å². The highest BCUT2D eigenvalue weighted by Gasteiger charge is 2.22. The summed E-state index contributed by atoms with van der Waals surface area (Å²) < 4.78 is 16.0. The molecule has 1 N–H and O–H groups in total. The average Bonchev–Trinajstić information content (AvgIpc) is 3.23. The highest BCUT2D eigenvalue weighted by Crippen LogP contribution is 2.28. The van der Waals surface area contributed by atoms with Crippen molar-refractivity contribution in [2.45, 2.75) is 30.8 Å². The number of thioether (sulfide) groups is 1. The number of hydrogen-bond donors (Lipinski definition) is 1. The van der Waals surface area contributed by atoms with Crippen LogP contribution in [0, 0.1) is 12.7 Å². The molecule has 0 aliphatic carbocycles. The largest absolute Gasteiger partial charge is 0.342 e. The summed E-state index contributed by atoms with van der Waals surface area (Å²) >= 11 is 1.57. The van der Waals surface area contributed by atoms with Crippen LogP contribution < -0.4 is 5.32 Å². The van der Waals surface area contributed by atoms with E-state index in [1.54, 1.807) is 23.9 Å². The zero-order valence-corrected chi connectivity index (χ0v) is 18.6. The third-order valence-corrected chi connectivity index (χ3v) is 6.01. The van der Waals surface area contributed by atoms with Gasteiger partial charge < -0.3 is 5.32 Å². The summed E-state index contributed by atoms with van der Waals surface area (Å²) in [4.78, 5) is 12.6. The van der Waals surface area contributed by atoms with Crippen LogP contribution in [0.3, 0.4) is 0 Å². The van der Waals surface area contributed by atoms with Crippen LogP contribution in [0.15, 0.2) is 84.0 Å². The van der Waals surface area contributed by atoms with Crippen molar-refractivity contribution in [3.8, 4) is 5.69 Å². The number of carbonyl (C=O) groups excluding carboxylic acids is 1. The SMILES string of the molecule is Cc1ccc(-n2c(SCc3ccccc3)nnc2C(C)NC(=O)c2ccccc2F)cc1. The lowest BCUT2D eigenvalue weighted by atomic mass is 10.2. The van der Waals surface area contributed by atoms with Crippen LogP contribution in [0.5, 0.6) is 0 Å². The molecule has 0 spiro atoms. The molecule has 1 unspecified atom stereocenters. The summed E-state index contributed by atoms with van der Waals surface area (Å²) in [6.07, 6.45) is 0. The number of carbonyl (C=O) groups is 1. The fourth-order valence-electron chi connectivity index (χ4n) is 3.30. The molecule has 162 valence electrons. The molecule has 4 aromatic rings. The van der Waals surface area contributed by atoms with Crippen LogP contribution in [0.25, 0.3) is 5.69 Å². The molecule has 1 heterocycles. The molecule has 0 saturated carbocycles. The number of amides is 1. The van der Waals surface area contributed by atoms with E-state index in [4.69, 9.17) is 0 Å². The summed E-state index contributed by atoms with van der Waals surface area (Å²) in [6.45, 7) is 3.85. The van der Waals surface area contributed by atoms with Gasteiger partial charge in [-0.3, -0.25) is 9.36 Å². The van der Waals surface area contributed by atoms with Gasteiger partial charge in [-0.05, 0) is 43.7 Å². The zero-order chi connectivity index (χ0) is 22.5. The Morgan fingerprint density at radius 3 is 2.41 bits per heavy atom. The molecule has 0 aliphatic heterocycles. The summed E-state index contributed by atoms with van der Waals surface area (Å²) in [5.41, 5.74) is 3.22. The molecule has 0 bridgehead atoms. The maximum absolute atomic E-state index is 14.0. The van der Waals surface area contributed by atoms with E-state index in [2.05, 4.69) is 27.6 Å². The Labute approximate surface area is 190 Å². The van der Waals surface area contributed by atoms with Crippen LogP contribution in [-0.2, 0) is 5.75 Å². The molecule has 32 heavy (non-hydrogen) atoms. The van der Waals surface area contributed by atoms with Gasteiger partial charge in [-0.15, -0.1) is 10.2 Å². The van der Waals surface area contributed by atoms with Crippen molar-refractivity contribution in [3.05, 3.63) is 107 Å². The van der Waals surface area contributed by atoms with Gasteiger partial charge in [0, 0.05) is 11.4 Å². The number of benzene rings is 3. The molecule has 1 aromatic heterocycles. The highest BCUT2D eigenvalue weighted by atomic mass is 32.2. The molecule has 1 amide bonds. The van der Waals surface area contributed by atoms with Crippen molar-refractivity contribution in [2.75, 3.05) is 0 Å². The Balaban J connectivity index is 1.63. The van der Waals surface area contributed by atoms with Gasteiger partial charge in [-0.2, -0.15) is 0 Å². The predicted molar refractivity (Wildman–Crippen MR) is 124 cm³/mol. The molecule has 0 fully saturated rings. The molecule has 3 aromatic carbocycles. The van der Waals surface area contributed by atoms with Gasteiger partial charge in [0.2, 0.25) is 0 Å². The van der Waals surface area contributed by atoms with E-state index in [0.29, 0.717) is 5.82 Å². The van der Waals surface area contributed by atoms with Gasteiger partial charge in [-0.1, -0.05) is 71.9 Å². The Bertz CT molecular complexity index is 1210. The molecule has 0 aliphatic rings. The minimum absolute atomic E-state index is 0.000530. The van der Waals surface area contributed by atoms with Gasteiger partial charge in [0.05, 0.1) is 11.6 Å². The summed E-state index contributed by atoms with van der Waals surface area (Å²) in [5, 5.41) is 12.4. The maximum Gasteiger partial charge on any atom is 0.254 e. The van der Waals surface area contributed by atoms with Crippen molar-refractivity contribution >= 4 is 17.7 Å². The molecule has 0 saturated heterocycles. The van der Waals surface area contributed by atoms with Crippen molar-refractivity contribution in [2.24, 2.45) is 0 Å². The third kappa shape index (κ3) is 4.89. The fourth-order valence-corrected chi connectivity index (χ4v) is 4.21. The first-order valence-corrected chi connectivity index (χ1v) is 11.3. The van der Waals surface area contributed by atoms with E-state index >= 15 is 0 Å². The Morgan fingerprint density at radius 2 is 1.69 bits per heavy atom. The second-order valence-electron chi connectivity index (χ2n) is 7.46. The Morgan fingerprint density at radius 1 is 1.00 bits per heavy atom. The summed E-state index contributed by atoms with van der Waals surface area (Å²) in [7, 11) is 0. The van der Waals surface area contributed by atoms with Gasteiger partial charge in [0.15, 0.2) is 11.0 Å². The lowest BCUT2D eigenvalue weighted by Crippen LogP contribution is -2.29. The fraction of sp³-hybridized carbons (Fsp3) is 0.160. The highest BCUT2D eigenvalue weighted by molar-refractivity contribution is 7.98. The number of nitrogens with one attached hydrogen (secondary N) is 1. The van der Waals surface area contributed by atoms with Gasteiger partial charge in [0.1, 0.15) is 5.82 Å². The van der Waals surface area contributed by atoms with Crippen LogP contribution >= 0.6 is 11.8 Å². The monoisotopic (exact) mass is 446 g/mol. The second kappa shape index (κ2) is 9.78. The summed E-state index contributed by atoms with van der Waals surface area (Å²) in [5.74, 6) is 0.263. The maximum atomic E-state index is 14.0. The minimum Gasteiger partial charge on any atom is -0.342 e. The molecule has 7 heteroatoms. The van der Waals surface area contributed by atoms with Crippen molar-refractivity contribution in [1.82, 2.24) is 20.1 Å². The van der Waals surface area contributed by atoms with Crippen LogP contribution in [0.1, 0.15) is 40.3 Å². The number of aryl methyl sites for hydroxylation is 1. The lowest BCUT2D eigenvalue weighted by Gasteiger charge is -2.17. The molecule has 5 nitrogen and oxygen atoms in total. The Kier molecular flexibility index (Phi) is 6.66. The number of rotatable bonds is 7. The van der Waals surface area contributed by atoms with E-state index < -0.39 is 17.8 Å². The van der Waals surface area contributed by atoms with Crippen LogP contribution in [0.4, 0.5) is 4.39 Å². The smallest absolute Gasteiger partial charge is 0.254 e. The minimum atomic E-state index is -0.559. The number of halogens is 1. The zero-order valence-electron chi connectivity index (χ0n) is 17.8. The van der Waals surface area contributed by atoms with Crippen molar-refractivity contribution in [1.29, 1.82) is 0 Å². The lowest BCUT2D eigenvalue weighted by molar-refractivity contribution is 0.0934. The number of aromatic nitrogens is 3. The molecule has 0 radical (unpaired) electrons. The topological polar surface area (TPSA) is 59.8 Å². The Hall–Kier alpha value is -3.45. The quantitative estimate of drug-likeness (QED) is 0.381.